The molecular formula is C14H20N2O2. The molecule has 2 atom stereocenters. The van der Waals surface area contributed by atoms with Gasteiger partial charge in [0, 0.05) is 12.6 Å². The number of para-hydroxylation sites is 1. The first-order chi connectivity index (χ1) is 8.72. The van der Waals surface area contributed by atoms with E-state index in [1.165, 1.54) is 0 Å². The van der Waals surface area contributed by atoms with Crippen molar-refractivity contribution in [2.75, 3.05) is 19.7 Å². The van der Waals surface area contributed by atoms with Crippen molar-refractivity contribution in [2.45, 2.75) is 19.9 Å². The SMILES string of the molecule is CCOc1ccccc1C(=O)NC1CNCC1C. The summed E-state index contributed by atoms with van der Waals surface area (Å²) in [5.41, 5.74) is 0.610. The van der Waals surface area contributed by atoms with Crippen molar-refractivity contribution in [3.63, 3.8) is 0 Å². The molecule has 98 valence electrons. The third-order valence-electron chi connectivity index (χ3n) is 3.27. The van der Waals surface area contributed by atoms with Crippen LogP contribution in [0.2, 0.25) is 0 Å². The number of carbonyl (C=O) groups is 1. The van der Waals surface area contributed by atoms with Crippen molar-refractivity contribution in [3.05, 3.63) is 29.8 Å². The van der Waals surface area contributed by atoms with Crippen molar-refractivity contribution in [1.82, 2.24) is 10.6 Å². The highest BCUT2D eigenvalue weighted by molar-refractivity contribution is 5.97. The zero-order chi connectivity index (χ0) is 13.0. The number of nitrogens with one attached hydrogen (secondary N) is 2. The number of carbonyl (C=O) groups excluding carboxylic acids is 1. The number of ether oxygens (including phenoxy) is 1. The standard InChI is InChI=1S/C14H20N2O2/c1-3-18-13-7-5-4-6-11(13)14(17)16-12-9-15-8-10(12)2/h4-7,10,12,15H,3,8-9H2,1-2H3,(H,16,17). The minimum absolute atomic E-state index is 0.0559. The number of hydrogen-bond acceptors (Lipinski definition) is 3. The van der Waals surface area contributed by atoms with Crippen LogP contribution >= 0.6 is 0 Å². The zero-order valence-corrected chi connectivity index (χ0v) is 10.9. The van der Waals surface area contributed by atoms with Gasteiger partial charge < -0.3 is 15.4 Å². The molecule has 0 spiro atoms. The minimum atomic E-state index is -0.0559. The van der Waals surface area contributed by atoms with E-state index >= 15 is 0 Å². The Hall–Kier alpha value is -1.55. The number of amides is 1. The van der Waals surface area contributed by atoms with Crippen molar-refractivity contribution in [2.24, 2.45) is 5.92 Å². The lowest BCUT2D eigenvalue weighted by Gasteiger charge is -2.17. The maximum atomic E-state index is 12.2. The average Bonchev–Trinajstić information content (AvgIpc) is 2.76. The van der Waals surface area contributed by atoms with Crippen LogP contribution in [0.15, 0.2) is 24.3 Å². The Morgan fingerprint density at radius 1 is 1.44 bits per heavy atom. The molecule has 1 heterocycles. The number of hydrogen-bond donors (Lipinski definition) is 2. The minimum Gasteiger partial charge on any atom is -0.493 e. The second kappa shape index (κ2) is 5.87. The van der Waals surface area contributed by atoms with Gasteiger partial charge in [0.05, 0.1) is 12.2 Å². The summed E-state index contributed by atoms with van der Waals surface area (Å²) in [6.45, 7) is 6.41. The van der Waals surface area contributed by atoms with Gasteiger partial charge in [0.15, 0.2) is 0 Å². The molecule has 0 aromatic heterocycles. The van der Waals surface area contributed by atoms with Crippen LogP contribution in [0.3, 0.4) is 0 Å². The molecule has 0 saturated carbocycles. The summed E-state index contributed by atoms with van der Waals surface area (Å²) in [6.07, 6.45) is 0. The van der Waals surface area contributed by atoms with Gasteiger partial charge in [0.1, 0.15) is 5.75 Å². The molecule has 4 heteroatoms. The Morgan fingerprint density at radius 2 is 2.22 bits per heavy atom. The van der Waals surface area contributed by atoms with Crippen molar-refractivity contribution in [3.8, 4) is 5.75 Å². The van der Waals surface area contributed by atoms with Gasteiger partial charge >= 0.3 is 0 Å². The van der Waals surface area contributed by atoms with E-state index in [0.29, 0.717) is 23.8 Å². The quantitative estimate of drug-likeness (QED) is 0.847. The summed E-state index contributed by atoms with van der Waals surface area (Å²) >= 11 is 0. The molecule has 2 unspecified atom stereocenters. The van der Waals surface area contributed by atoms with Gasteiger partial charge in [-0.1, -0.05) is 19.1 Å². The van der Waals surface area contributed by atoms with E-state index in [4.69, 9.17) is 4.74 Å². The molecule has 1 aliphatic heterocycles. The highest BCUT2D eigenvalue weighted by atomic mass is 16.5. The largest absolute Gasteiger partial charge is 0.493 e. The van der Waals surface area contributed by atoms with Crippen molar-refractivity contribution >= 4 is 5.91 Å². The van der Waals surface area contributed by atoms with Crippen LogP contribution in [0, 0.1) is 5.92 Å². The van der Waals surface area contributed by atoms with Crippen LogP contribution in [-0.4, -0.2) is 31.6 Å². The van der Waals surface area contributed by atoms with E-state index < -0.39 is 0 Å². The summed E-state index contributed by atoms with van der Waals surface area (Å²) in [5, 5.41) is 6.34. The predicted molar refractivity (Wildman–Crippen MR) is 70.9 cm³/mol. The van der Waals surface area contributed by atoms with Crippen molar-refractivity contribution < 1.29 is 9.53 Å². The molecule has 1 amide bonds. The highest BCUT2D eigenvalue weighted by Crippen LogP contribution is 2.18. The van der Waals surface area contributed by atoms with E-state index in [-0.39, 0.29) is 11.9 Å². The lowest BCUT2D eigenvalue weighted by Crippen LogP contribution is -2.39. The van der Waals surface area contributed by atoms with E-state index in [0.717, 1.165) is 13.1 Å². The average molecular weight is 248 g/mol. The van der Waals surface area contributed by atoms with Gasteiger partial charge in [0.2, 0.25) is 0 Å². The molecule has 0 bridgehead atoms. The van der Waals surface area contributed by atoms with Crippen molar-refractivity contribution in [1.29, 1.82) is 0 Å². The number of benzene rings is 1. The predicted octanol–water partition coefficient (Wildman–Crippen LogP) is 1.42. The maximum Gasteiger partial charge on any atom is 0.255 e. The van der Waals surface area contributed by atoms with Gasteiger partial charge in [-0.2, -0.15) is 0 Å². The summed E-state index contributed by atoms with van der Waals surface area (Å²) in [4.78, 5) is 12.2. The highest BCUT2D eigenvalue weighted by Gasteiger charge is 2.25. The molecule has 1 aromatic carbocycles. The van der Waals surface area contributed by atoms with Gasteiger partial charge in [-0.15, -0.1) is 0 Å². The second-order valence-corrected chi connectivity index (χ2v) is 4.64. The van der Waals surface area contributed by atoms with Crippen LogP contribution in [0.25, 0.3) is 0 Å². The lowest BCUT2D eigenvalue weighted by atomic mass is 10.1. The number of rotatable bonds is 4. The summed E-state index contributed by atoms with van der Waals surface area (Å²) in [6, 6.07) is 7.56. The second-order valence-electron chi connectivity index (χ2n) is 4.64. The van der Waals surface area contributed by atoms with E-state index in [1.54, 1.807) is 6.07 Å². The molecule has 2 N–H and O–H groups in total. The molecule has 0 aliphatic carbocycles. The first-order valence-corrected chi connectivity index (χ1v) is 6.45. The molecule has 1 saturated heterocycles. The fourth-order valence-corrected chi connectivity index (χ4v) is 2.18. The molecule has 0 radical (unpaired) electrons. The van der Waals surface area contributed by atoms with E-state index in [2.05, 4.69) is 17.6 Å². The summed E-state index contributed by atoms with van der Waals surface area (Å²) < 4.78 is 5.47. The van der Waals surface area contributed by atoms with Crippen LogP contribution in [0.5, 0.6) is 5.75 Å². The fourth-order valence-electron chi connectivity index (χ4n) is 2.18. The van der Waals surface area contributed by atoms with E-state index in [1.807, 2.05) is 25.1 Å². The van der Waals surface area contributed by atoms with Gasteiger partial charge in [-0.05, 0) is 31.5 Å². The van der Waals surface area contributed by atoms with Gasteiger partial charge in [0.25, 0.3) is 5.91 Å². The molecule has 1 aliphatic rings. The normalized spacial score (nSPS) is 22.8. The Labute approximate surface area is 108 Å². The maximum absolute atomic E-state index is 12.2. The third kappa shape index (κ3) is 2.82. The zero-order valence-electron chi connectivity index (χ0n) is 10.9. The van der Waals surface area contributed by atoms with Crippen LogP contribution in [0.4, 0.5) is 0 Å². The third-order valence-corrected chi connectivity index (χ3v) is 3.27. The first kappa shape index (κ1) is 12.9. The fraction of sp³-hybridized carbons (Fsp3) is 0.500. The summed E-state index contributed by atoms with van der Waals surface area (Å²) in [5.74, 6) is 1.06. The molecule has 1 fully saturated rings. The van der Waals surface area contributed by atoms with Crippen LogP contribution in [-0.2, 0) is 0 Å². The van der Waals surface area contributed by atoms with Gasteiger partial charge in [-0.3, -0.25) is 4.79 Å². The monoisotopic (exact) mass is 248 g/mol. The molecule has 1 aromatic rings. The Kier molecular flexibility index (Phi) is 4.20. The topological polar surface area (TPSA) is 50.4 Å². The molecule has 18 heavy (non-hydrogen) atoms. The Bertz CT molecular complexity index is 420. The molecule has 4 nitrogen and oxygen atoms in total. The Balaban J connectivity index is 2.08. The molecule has 2 rings (SSSR count). The first-order valence-electron chi connectivity index (χ1n) is 6.45. The van der Waals surface area contributed by atoms with E-state index in [9.17, 15) is 4.79 Å². The lowest BCUT2D eigenvalue weighted by molar-refractivity contribution is 0.0929. The van der Waals surface area contributed by atoms with Crippen LogP contribution in [0.1, 0.15) is 24.2 Å². The van der Waals surface area contributed by atoms with Gasteiger partial charge in [-0.25, -0.2) is 0 Å². The molecular weight excluding hydrogens is 228 g/mol. The summed E-state index contributed by atoms with van der Waals surface area (Å²) in [7, 11) is 0. The Morgan fingerprint density at radius 3 is 2.89 bits per heavy atom. The van der Waals surface area contributed by atoms with Crippen LogP contribution < -0.4 is 15.4 Å². The smallest absolute Gasteiger partial charge is 0.255 e.